The van der Waals surface area contributed by atoms with Gasteiger partial charge < -0.3 is 20.1 Å². The Bertz CT molecular complexity index is 1180. The molecule has 1 fully saturated rings. The van der Waals surface area contributed by atoms with E-state index >= 15 is 0 Å². The standard InChI is InChI=1S/C20H20N4O9S2/c1-3-8-34-15-14(19(26)27)23-17(25)13(18(23)35(31)16(15)22-21)10(2)33-20(28)32-9-11-4-6-12(7-5-11)24(29)30/h4-7,10,13,18H,3,8-9H2,1-2H3,(H,26,27)/t10?,13-,18-,35-/m0/s1. The van der Waals surface area contributed by atoms with E-state index in [0.29, 0.717) is 17.7 Å². The van der Waals surface area contributed by atoms with Crippen LogP contribution in [0.1, 0.15) is 25.8 Å². The van der Waals surface area contributed by atoms with Crippen molar-refractivity contribution < 1.29 is 42.9 Å². The third-order valence-corrected chi connectivity index (χ3v) is 8.21. The van der Waals surface area contributed by atoms with Gasteiger partial charge >= 0.3 is 17.2 Å². The van der Waals surface area contributed by atoms with E-state index in [4.69, 9.17) is 9.47 Å². The van der Waals surface area contributed by atoms with Crippen molar-refractivity contribution in [3.05, 3.63) is 56.1 Å². The number of nitro benzene ring substituents is 1. The zero-order valence-corrected chi connectivity index (χ0v) is 20.1. The van der Waals surface area contributed by atoms with E-state index in [2.05, 4.69) is 4.79 Å². The van der Waals surface area contributed by atoms with Gasteiger partial charge in [-0.2, -0.15) is 4.79 Å². The van der Waals surface area contributed by atoms with Gasteiger partial charge in [-0.1, -0.05) is 6.92 Å². The van der Waals surface area contributed by atoms with E-state index in [1.807, 2.05) is 6.92 Å². The molecule has 186 valence electrons. The maximum Gasteiger partial charge on any atom is 0.508 e. The topological polar surface area (TPSA) is 190 Å². The van der Waals surface area contributed by atoms with Gasteiger partial charge in [0, 0.05) is 12.1 Å². The molecule has 4 atom stereocenters. The van der Waals surface area contributed by atoms with Gasteiger partial charge in [0.05, 0.1) is 4.92 Å². The smallest absolute Gasteiger partial charge is 0.477 e. The van der Waals surface area contributed by atoms with Gasteiger partial charge in [0.2, 0.25) is 5.91 Å². The molecule has 13 nitrogen and oxygen atoms in total. The van der Waals surface area contributed by atoms with Crippen LogP contribution in [0.15, 0.2) is 34.9 Å². The first-order valence-corrected chi connectivity index (χ1v) is 12.4. The molecule has 1 aromatic rings. The lowest BCUT2D eigenvalue weighted by molar-refractivity contribution is -0.384. The summed E-state index contributed by atoms with van der Waals surface area (Å²) in [6.45, 7) is 2.96. The number of carbonyl (C=O) groups is 3. The van der Waals surface area contributed by atoms with Crippen molar-refractivity contribution in [1.82, 2.24) is 4.90 Å². The number of β-lactam (4-membered cyclic amide) rings is 1. The lowest BCUT2D eigenvalue weighted by atomic mass is 9.91. The molecule has 0 saturated carbocycles. The van der Waals surface area contributed by atoms with Crippen LogP contribution in [0.2, 0.25) is 0 Å². The number of amides is 1. The predicted octanol–water partition coefficient (Wildman–Crippen LogP) is 2.25. The van der Waals surface area contributed by atoms with Gasteiger partial charge in [0.15, 0.2) is 16.5 Å². The Balaban J connectivity index is 1.72. The number of carboxylic acids is 1. The SMILES string of the molecule is CCCSC1=C(C(=O)O)N2C(=O)[C@H](C(C)OC(=O)OCc3ccc([N+](=O)[O-])cc3)[C@@H]2[S@@](=O)C1=[N+]=[N-]. The Labute approximate surface area is 205 Å². The second kappa shape index (κ2) is 10.8. The molecular formula is C20H20N4O9S2. The zero-order valence-electron chi connectivity index (χ0n) is 18.5. The average Bonchev–Trinajstić information content (AvgIpc) is 2.81. The van der Waals surface area contributed by atoms with Crippen LogP contribution in [-0.2, 0) is 36.5 Å². The summed E-state index contributed by atoms with van der Waals surface area (Å²) in [5.74, 6) is -2.87. The minimum atomic E-state index is -2.09. The highest BCUT2D eigenvalue weighted by Gasteiger charge is 2.63. The first-order valence-electron chi connectivity index (χ1n) is 10.3. The van der Waals surface area contributed by atoms with Gasteiger partial charge in [-0.05, 0) is 36.8 Å². The van der Waals surface area contributed by atoms with Crippen LogP contribution in [0.25, 0.3) is 5.53 Å². The molecule has 2 heterocycles. The first kappa shape index (κ1) is 26.1. The summed E-state index contributed by atoms with van der Waals surface area (Å²) < 4.78 is 23.2. The number of hydrogen-bond donors (Lipinski definition) is 1. The van der Waals surface area contributed by atoms with E-state index in [9.17, 15) is 39.3 Å². The minimum absolute atomic E-state index is 0.0562. The number of thioether (sulfide) groups is 1. The Morgan fingerprint density at radius 2 is 2.03 bits per heavy atom. The molecule has 0 spiro atoms. The molecule has 1 aromatic carbocycles. The molecule has 2 aliphatic heterocycles. The lowest BCUT2D eigenvalue weighted by Gasteiger charge is -2.48. The molecule has 0 aliphatic carbocycles. The molecule has 1 amide bonds. The van der Waals surface area contributed by atoms with Gasteiger partial charge in [-0.15, -0.1) is 11.8 Å². The number of ether oxygens (including phenoxy) is 2. The van der Waals surface area contributed by atoms with E-state index in [1.165, 1.54) is 31.2 Å². The van der Waals surface area contributed by atoms with Crippen LogP contribution in [0, 0.1) is 16.0 Å². The van der Waals surface area contributed by atoms with E-state index in [0.717, 1.165) is 16.7 Å². The van der Waals surface area contributed by atoms with Crippen LogP contribution in [0.3, 0.4) is 0 Å². The number of non-ortho nitro benzene ring substituents is 1. The van der Waals surface area contributed by atoms with E-state index < -0.39 is 56.8 Å². The molecule has 0 radical (unpaired) electrons. The monoisotopic (exact) mass is 524 g/mol. The average molecular weight is 525 g/mol. The number of nitrogens with zero attached hydrogens (tertiary/aromatic N) is 4. The Morgan fingerprint density at radius 1 is 1.37 bits per heavy atom. The quantitative estimate of drug-likeness (QED) is 0.125. The molecule has 15 heteroatoms. The van der Waals surface area contributed by atoms with E-state index in [1.54, 1.807) is 0 Å². The molecule has 1 unspecified atom stereocenters. The lowest BCUT2D eigenvalue weighted by Crippen LogP contribution is -2.69. The van der Waals surface area contributed by atoms with Crippen molar-refractivity contribution >= 4 is 51.3 Å². The number of aliphatic carboxylic acids is 1. The van der Waals surface area contributed by atoms with E-state index in [-0.39, 0.29) is 22.2 Å². The summed E-state index contributed by atoms with van der Waals surface area (Å²) in [5.41, 5.74) is 9.32. The summed E-state index contributed by atoms with van der Waals surface area (Å²) in [5, 5.41) is 18.8. The maximum absolute atomic E-state index is 13.1. The predicted molar refractivity (Wildman–Crippen MR) is 122 cm³/mol. The zero-order chi connectivity index (χ0) is 25.9. The van der Waals surface area contributed by atoms with Crippen LogP contribution in [-0.4, -0.2) is 64.2 Å². The summed E-state index contributed by atoms with van der Waals surface area (Å²) in [6.07, 6.45) is -1.64. The van der Waals surface area contributed by atoms with Crippen LogP contribution >= 0.6 is 11.8 Å². The summed E-state index contributed by atoms with van der Waals surface area (Å²) in [4.78, 5) is 50.9. The highest BCUT2D eigenvalue weighted by atomic mass is 32.2. The number of nitro groups is 1. The van der Waals surface area contributed by atoms with Gasteiger partial charge in [-0.3, -0.25) is 19.8 Å². The molecule has 1 saturated heterocycles. The highest BCUT2D eigenvalue weighted by Crippen LogP contribution is 2.44. The molecule has 1 N–H and O–H groups in total. The number of hydrogen-bond acceptors (Lipinski definition) is 9. The van der Waals surface area contributed by atoms with Crippen LogP contribution < -0.4 is 0 Å². The number of fused-ring (bicyclic) bond motifs is 1. The number of carboxylic acid groups (broad SMARTS) is 1. The molecule has 0 bridgehead atoms. The number of rotatable bonds is 9. The van der Waals surface area contributed by atoms with Crippen molar-refractivity contribution in [3.8, 4) is 0 Å². The Hall–Kier alpha value is -3.55. The summed E-state index contributed by atoms with van der Waals surface area (Å²) >= 11 is 1.02. The van der Waals surface area contributed by atoms with Crippen molar-refractivity contribution in [1.29, 1.82) is 0 Å². The Morgan fingerprint density at radius 3 is 2.57 bits per heavy atom. The van der Waals surface area contributed by atoms with Crippen LogP contribution in [0.5, 0.6) is 0 Å². The van der Waals surface area contributed by atoms with Gasteiger partial charge in [-0.25, -0.2) is 13.8 Å². The van der Waals surface area contributed by atoms with Crippen LogP contribution in [0.4, 0.5) is 10.5 Å². The maximum atomic E-state index is 13.1. The fraction of sp³-hybridized carbons (Fsp3) is 0.400. The summed E-state index contributed by atoms with van der Waals surface area (Å²) in [7, 11) is -2.09. The minimum Gasteiger partial charge on any atom is -0.477 e. The molecular weight excluding hydrogens is 504 g/mol. The van der Waals surface area contributed by atoms with Crippen molar-refractivity contribution in [2.24, 2.45) is 5.92 Å². The largest absolute Gasteiger partial charge is 0.508 e. The third-order valence-electron chi connectivity index (χ3n) is 5.18. The second-order valence-electron chi connectivity index (χ2n) is 7.44. The van der Waals surface area contributed by atoms with Crippen molar-refractivity contribution in [2.45, 2.75) is 38.4 Å². The third kappa shape index (κ3) is 5.11. The number of benzene rings is 1. The number of carbonyl (C=O) groups excluding carboxylic acids is 2. The normalized spacial score (nSPS) is 22.0. The molecule has 0 aromatic heterocycles. The fourth-order valence-corrected chi connectivity index (χ4v) is 6.45. The molecule has 2 aliphatic rings. The van der Waals surface area contributed by atoms with Crippen molar-refractivity contribution in [2.75, 3.05) is 5.75 Å². The fourth-order valence-electron chi connectivity index (χ4n) is 3.54. The second-order valence-corrected chi connectivity index (χ2v) is 10.0. The highest BCUT2D eigenvalue weighted by molar-refractivity contribution is 8.10. The Kier molecular flexibility index (Phi) is 8.04. The summed E-state index contributed by atoms with van der Waals surface area (Å²) in [6, 6.07) is 5.29. The van der Waals surface area contributed by atoms with Gasteiger partial charge in [0.25, 0.3) is 5.69 Å². The molecule has 35 heavy (non-hydrogen) atoms. The molecule has 3 rings (SSSR count). The van der Waals surface area contributed by atoms with Crippen molar-refractivity contribution in [3.63, 3.8) is 0 Å². The first-order chi connectivity index (χ1) is 16.6. The van der Waals surface area contributed by atoms with Gasteiger partial charge in [0.1, 0.15) is 28.9 Å².